The van der Waals surface area contributed by atoms with Gasteiger partial charge in [-0.2, -0.15) is 0 Å². The molecule has 0 bridgehead atoms. The van der Waals surface area contributed by atoms with Crippen LogP contribution < -0.4 is 0 Å². The minimum Gasteiger partial charge on any atom is -0.298 e. The van der Waals surface area contributed by atoms with Crippen LogP contribution in [0.2, 0.25) is 0 Å². The molecule has 0 fully saturated rings. The lowest BCUT2D eigenvalue weighted by atomic mass is 10.2. The van der Waals surface area contributed by atoms with Gasteiger partial charge in [-0.3, -0.25) is 4.90 Å². The maximum atomic E-state index is 5.96. The van der Waals surface area contributed by atoms with Gasteiger partial charge in [-0.05, 0) is 34.1 Å². The highest BCUT2D eigenvalue weighted by Crippen LogP contribution is 2.10. The molecule has 0 rings (SSSR count). The van der Waals surface area contributed by atoms with E-state index in [2.05, 4.69) is 32.6 Å². The molecule has 0 spiro atoms. The number of nitrogens with zero attached hydrogens (tertiary/aromatic N) is 1. The molecule has 0 N–H and O–H groups in total. The van der Waals surface area contributed by atoms with Crippen LogP contribution in [0.15, 0.2) is 0 Å². The van der Waals surface area contributed by atoms with Crippen molar-refractivity contribution >= 4 is 23.2 Å². The number of rotatable bonds is 6. The summed E-state index contributed by atoms with van der Waals surface area (Å²) in [6.07, 6.45) is 0.974. The Morgan fingerprint density at radius 2 is 1.54 bits per heavy atom. The van der Waals surface area contributed by atoms with Crippen molar-refractivity contribution in [2.24, 2.45) is 0 Å². The summed E-state index contributed by atoms with van der Waals surface area (Å²) in [5, 5.41) is 0.113. The Labute approximate surface area is 92.4 Å². The van der Waals surface area contributed by atoms with Gasteiger partial charge >= 0.3 is 0 Å². The van der Waals surface area contributed by atoms with Crippen molar-refractivity contribution in [1.82, 2.24) is 4.90 Å². The quantitative estimate of drug-likeness (QED) is 0.628. The van der Waals surface area contributed by atoms with E-state index in [0.717, 1.165) is 13.0 Å². The highest BCUT2D eigenvalue weighted by Gasteiger charge is 2.14. The smallest absolute Gasteiger partial charge is 0.0483 e. The molecule has 0 radical (unpaired) electrons. The monoisotopic (exact) mass is 225 g/mol. The fraction of sp³-hybridized carbons (Fsp3) is 1.00. The molecule has 1 atom stereocenters. The third-order valence-electron chi connectivity index (χ3n) is 2.19. The zero-order chi connectivity index (χ0) is 10.4. The third-order valence-corrected chi connectivity index (χ3v) is 3.10. The van der Waals surface area contributed by atoms with Gasteiger partial charge in [-0.1, -0.05) is 0 Å². The van der Waals surface area contributed by atoms with E-state index in [1.165, 1.54) is 0 Å². The highest BCUT2D eigenvalue weighted by molar-refractivity contribution is 6.28. The zero-order valence-corrected chi connectivity index (χ0v) is 10.6. The first kappa shape index (κ1) is 13.5. The van der Waals surface area contributed by atoms with E-state index in [-0.39, 0.29) is 5.38 Å². The van der Waals surface area contributed by atoms with E-state index < -0.39 is 0 Å². The lowest BCUT2D eigenvalue weighted by Crippen LogP contribution is -2.38. The van der Waals surface area contributed by atoms with E-state index in [0.29, 0.717) is 18.0 Å². The Morgan fingerprint density at radius 1 is 1.08 bits per heavy atom. The molecule has 3 heteroatoms. The predicted octanol–water partition coefficient (Wildman–Crippen LogP) is 3.34. The molecule has 0 aliphatic carbocycles. The molecule has 1 unspecified atom stereocenters. The van der Waals surface area contributed by atoms with Crippen LogP contribution in [-0.4, -0.2) is 34.8 Å². The molecular formula is C10H21Cl2N. The summed E-state index contributed by atoms with van der Waals surface area (Å²) >= 11 is 11.6. The van der Waals surface area contributed by atoms with E-state index in [1.807, 2.05) is 0 Å². The van der Waals surface area contributed by atoms with Gasteiger partial charge in [0.2, 0.25) is 0 Å². The molecule has 1 nitrogen and oxygen atoms in total. The molecule has 0 aromatic heterocycles. The topological polar surface area (TPSA) is 3.24 Å². The van der Waals surface area contributed by atoms with Crippen molar-refractivity contribution in [3.63, 3.8) is 0 Å². The lowest BCUT2D eigenvalue weighted by molar-refractivity contribution is 0.173. The highest BCUT2D eigenvalue weighted by atomic mass is 35.5. The number of hydrogen-bond donors (Lipinski definition) is 0. The summed E-state index contributed by atoms with van der Waals surface area (Å²) in [5.74, 6) is 0.547. The maximum Gasteiger partial charge on any atom is 0.0483 e. The molecule has 80 valence electrons. The molecule has 0 saturated heterocycles. The minimum atomic E-state index is 0.113. The van der Waals surface area contributed by atoms with Crippen LogP contribution in [0.25, 0.3) is 0 Å². The van der Waals surface area contributed by atoms with Gasteiger partial charge in [-0.15, -0.1) is 23.2 Å². The van der Waals surface area contributed by atoms with Gasteiger partial charge < -0.3 is 0 Å². The lowest BCUT2D eigenvalue weighted by Gasteiger charge is -2.30. The molecular weight excluding hydrogens is 205 g/mol. The van der Waals surface area contributed by atoms with Crippen molar-refractivity contribution in [2.45, 2.75) is 51.6 Å². The first-order valence-corrected chi connectivity index (χ1v) is 5.91. The summed E-state index contributed by atoms with van der Waals surface area (Å²) in [6, 6.07) is 1.17. The van der Waals surface area contributed by atoms with Gasteiger partial charge in [0.1, 0.15) is 0 Å². The molecule has 0 aliphatic heterocycles. The summed E-state index contributed by atoms with van der Waals surface area (Å²) in [4.78, 5) is 2.43. The van der Waals surface area contributed by atoms with Crippen molar-refractivity contribution < 1.29 is 0 Å². The first-order valence-electron chi connectivity index (χ1n) is 4.94. The zero-order valence-electron chi connectivity index (χ0n) is 9.06. The molecule has 0 aromatic rings. The predicted molar refractivity (Wildman–Crippen MR) is 62.0 cm³/mol. The van der Waals surface area contributed by atoms with Crippen LogP contribution in [0.4, 0.5) is 0 Å². The van der Waals surface area contributed by atoms with Gasteiger partial charge in [0, 0.05) is 29.9 Å². The van der Waals surface area contributed by atoms with Crippen LogP contribution >= 0.6 is 23.2 Å². The normalized spacial score (nSPS) is 14.5. The Balaban J connectivity index is 3.83. The van der Waals surface area contributed by atoms with Crippen molar-refractivity contribution in [1.29, 1.82) is 0 Å². The van der Waals surface area contributed by atoms with E-state index in [1.54, 1.807) is 0 Å². The molecule has 0 aliphatic rings. The summed E-state index contributed by atoms with van der Waals surface area (Å²) in [7, 11) is 0. The summed E-state index contributed by atoms with van der Waals surface area (Å²) in [6.45, 7) is 9.89. The first-order chi connectivity index (χ1) is 5.99. The fourth-order valence-corrected chi connectivity index (χ4v) is 1.73. The average Bonchev–Trinajstić information content (AvgIpc) is 2.03. The van der Waals surface area contributed by atoms with E-state index in [9.17, 15) is 0 Å². The Hall–Kier alpha value is 0.540. The summed E-state index contributed by atoms with van der Waals surface area (Å²) in [5.41, 5.74) is 0. The van der Waals surface area contributed by atoms with Gasteiger partial charge in [0.05, 0.1) is 0 Å². The molecule has 0 heterocycles. The van der Waals surface area contributed by atoms with Crippen LogP contribution in [-0.2, 0) is 0 Å². The third kappa shape index (κ3) is 5.77. The second kappa shape index (κ2) is 6.92. The van der Waals surface area contributed by atoms with Gasteiger partial charge in [0.25, 0.3) is 0 Å². The minimum absolute atomic E-state index is 0.113. The average molecular weight is 226 g/mol. The van der Waals surface area contributed by atoms with E-state index >= 15 is 0 Å². The number of halogens is 2. The van der Waals surface area contributed by atoms with Gasteiger partial charge in [-0.25, -0.2) is 0 Å². The van der Waals surface area contributed by atoms with E-state index in [4.69, 9.17) is 23.2 Å². The van der Waals surface area contributed by atoms with Crippen molar-refractivity contribution in [2.75, 3.05) is 12.4 Å². The Bertz CT molecular complexity index is 118. The molecule has 0 saturated carbocycles. The van der Waals surface area contributed by atoms with Crippen LogP contribution in [0.1, 0.15) is 34.1 Å². The van der Waals surface area contributed by atoms with Crippen molar-refractivity contribution in [3.8, 4) is 0 Å². The SMILES string of the molecule is CC(C)N(CCC(Cl)CCl)C(C)C. The Morgan fingerprint density at radius 3 is 1.85 bits per heavy atom. The second-order valence-corrected chi connectivity index (χ2v) is 4.89. The van der Waals surface area contributed by atoms with Crippen LogP contribution in [0, 0.1) is 0 Å². The Kier molecular flexibility index (Phi) is 7.20. The molecule has 0 aromatic carbocycles. The van der Waals surface area contributed by atoms with Crippen LogP contribution in [0.5, 0.6) is 0 Å². The number of hydrogen-bond acceptors (Lipinski definition) is 1. The molecule has 0 amide bonds. The van der Waals surface area contributed by atoms with Crippen molar-refractivity contribution in [3.05, 3.63) is 0 Å². The van der Waals surface area contributed by atoms with Crippen LogP contribution in [0.3, 0.4) is 0 Å². The largest absolute Gasteiger partial charge is 0.298 e. The standard InChI is InChI=1S/C10H21Cl2N/c1-8(2)13(9(3)4)6-5-10(12)7-11/h8-10H,5-7H2,1-4H3. The number of alkyl halides is 2. The fourth-order valence-electron chi connectivity index (χ4n) is 1.48. The second-order valence-electron chi connectivity index (χ2n) is 3.97. The summed E-state index contributed by atoms with van der Waals surface area (Å²) < 4.78 is 0. The maximum absolute atomic E-state index is 5.96. The molecule has 13 heavy (non-hydrogen) atoms. The van der Waals surface area contributed by atoms with Gasteiger partial charge in [0.15, 0.2) is 0 Å².